The molecule has 1 aromatic carbocycles. The maximum absolute atomic E-state index is 11.3. The monoisotopic (exact) mass is 158 g/mol. The number of ether oxygens (including phenoxy) is 1. The Kier molecular flexibility index (Phi) is 4.88. The van der Waals surface area contributed by atoms with Crippen LogP contribution in [-0.4, -0.2) is 7.11 Å². The van der Waals surface area contributed by atoms with Crippen molar-refractivity contribution in [2.75, 3.05) is 7.11 Å². The van der Waals surface area contributed by atoms with E-state index in [4.69, 9.17) is 4.74 Å². The van der Waals surface area contributed by atoms with Crippen molar-refractivity contribution >= 4 is 0 Å². The molecule has 2 nitrogen and oxygen atoms in total. The van der Waals surface area contributed by atoms with E-state index in [-0.39, 0.29) is 24.6 Å². The number of hydrogen-bond donors (Lipinski definition) is 0. The van der Waals surface area contributed by atoms with Gasteiger partial charge >= 0.3 is 18.9 Å². The van der Waals surface area contributed by atoms with Crippen molar-refractivity contribution < 1.29 is 28.7 Å². The predicted molar refractivity (Wildman–Crippen MR) is 41.8 cm³/mol. The van der Waals surface area contributed by atoms with E-state index in [0.29, 0.717) is 5.75 Å². The first-order valence-corrected chi connectivity index (χ1v) is 3.62. The third kappa shape index (κ3) is 2.20. The van der Waals surface area contributed by atoms with Gasteiger partial charge in [-0.3, -0.25) is 0 Å². The van der Waals surface area contributed by atoms with Crippen molar-refractivity contribution in [1.29, 1.82) is 0 Å². The number of para-hydroxylation sites is 1. The second-order valence-electron chi connectivity index (χ2n) is 2.30. The van der Waals surface area contributed by atoms with Gasteiger partial charge in [0, 0.05) is 0 Å². The standard InChI is InChI=1S/C9H12O2.Li/c1-3-7-5-4-6-8(11-2)9(7)10;/h4-6,10H,3H2,1-2H3;/q;+1/p-1. The summed E-state index contributed by atoms with van der Waals surface area (Å²) in [5, 5.41) is 11.3. The Morgan fingerprint density at radius 2 is 2.08 bits per heavy atom. The summed E-state index contributed by atoms with van der Waals surface area (Å²) in [6.07, 6.45) is 0.760. The molecule has 0 N–H and O–H groups in total. The van der Waals surface area contributed by atoms with Crippen molar-refractivity contribution in [3.8, 4) is 11.5 Å². The Labute approximate surface area is 84.7 Å². The molecule has 0 saturated heterocycles. The second kappa shape index (κ2) is 5.13. The molecule has 0 atom stereocenters. The first-order chi connectivity index (χ1) is 5.29. The number of benzene rings is 1. The van der Waals surface area contributed by atoms with Gasteiger partial charge in [-0.15, -0.1) is 0 Å². The first kappa shape index (κ1) is 11.4. The van der Waals surface area contributed by atoms with Crippen molar-refractivity contribution in [1.82, 2.24) is 0 Å². The summed E-state index contributed by atoms with van der Waals surface area (Å²) in [4.78, 5) is 0. The van der Waals surface area contributed by atoms with Crippen LogP contribution in [0.15, 0.2) is 18.2 Å². The minimum atomic E-state index is 0. The summed E-state index contributed by atoms with van der Waals surface area (Å²) < 4.78 is 4.87. The summed E-state index contributed by atoms with van der Waals surface area (Å²) in [6, 6.07) is 5.34. The molecule has 0 aliphatic heterocycles. The zero-order valence-electron chi connectivity index (χ0n) is 7.76. The van der Waals surface area contributed by atoms with Gasteiger partial charge in [0.1, 0.15) is 5.75 Å². The van der Waals surface area contributed by atoms with Crippen LogP contribution in [0.25, 0.3) is 0 Å². The summed E-state index contributed by atoms with van der Waals surface area (Å²) in [7, 11) is 1.51. The second-order valence-corrected chi connectivity index (χ2v) is 2.30. The van der Waals surface area contributed by atoms with E-state index in [1.54, 1.807) is 6.07 Å². The Hall–Kier alpha value is -0.583. The molecule has 0 unspecified atom stereocenters. The molecule has 3 heteroatoms. The summed E-state index contributed by atoms with van der Waals surface area (Å²) >= 11 is 0. The molecule has 0 spiro atoms. The molecular formula is C9H11LiO2. The molecule has 1 aromatic rings. The topological polar surface area (TPSA) is 32.3 Å². The van der Waals surface area contributed by atoms with E-state index in [1.165, 1.54) is 7.11 Å². The van der Waals surface area contributed by atoms with Crippen LogP contribution in [0, 0.1) is 0 Å². The van der Waals surface area contributed by atoms with Crippen LogP contribution < -0.4 is 28.7 Å². The molecule has 0 saturated carbocycles. The van der Waals surface area contributed by atoms with Gasteiger partial charge in [0.05, 0.1) is 7.11 Å². The molecule has 0 bridgehead atoms. The van der Waals surface area contributed by atoms with Gasteiger partial charge in [-0.25, -0.2) is 0 Å². The van der Waals surface area contributed by atoms with E-state index in [0.717, 1.165) is 12.0 Å². The molecule has 1 rings (SSSR count). The van der Waals surface area contributed by atoms with Gasteiger partial charge < -0.3 is 9.84 Å². The summed E-state index contributed by atoms with van der Waals surface area (Å²) in [6.45, 7) is 1.95. The minimum absolute atomic E-state index is 0. The number of rotatable bonds is 2. The molecule has 0 aliphatic rings. The van der Waals surface area contributed by atoms with Crippen LogP contribution in [0.4, 0.5) is 0 Å². The van der Waals surface area contributed by atoms with Gasteiger partial charge in [-0.05, 0) is 12.5 Å². The zero-order chi connectivity index (χ0) is 8.27. The van der Waals surface area contributed by atoms with Crippen molar-refractivity contribution in [3.63, 3.8) is 0 Å². The SMILES string of the molecule is CCc1cccc(OC)c1[O-].[Li+]. The average molecular weight is 158 g/mol. The molecule has 0 amide bonds. The summed E-state index contributed by atoms with van der Waals surface area (Å²) in [5.74, 6) is 0.446. The van der Waals surface area contributed by atoms with Crippen molar-refractivity contribution in [2.24, 2.45) is 0 Å². The van der Waals surface area contributed by atoms with Crippen LogP contribution in [-0.2, 0) is 6.42 Å². The van der Waals surface area contributed by atoms with Gasteiger partial charge in [0.2, 0.25) is 0 Å². The van der Waals surface area contributed by atoms with Gasteiger partial charge in [0.15, 0.2) is 0 Å². The fraction of sp³-hybridized carbons (Fsp3) is 0.333. The number of aryl methyl sites for hydroxylation is 1. The van der Waals surface area contributed by atoms with Crippen LogP contribution in [0.3, 0.4) is 0 Å². The van der Waals surface area contributed by atoms with Gasteiger partial charge in [-0.2, -0.15) is 0 Å². The fourth-order valence-corrected chi connectivity index (χ4v) is 1.00. The average Bonchev–Trinajstić information content (AvgIpc) is 2.05. The molecule has 0 aliphatic carbocycles. The normalized spacial score (nSPS) is 8.83. The van der Waals surface area contributed by atoms with E-state index >= 15 is 0 Å². The largest absolute Gasteiger partial charge is 1.00 e. The molecule has 0 fully saturated rings. The van der Waals surface area contributed by atoms with E-state index in [1.807, 2.05) is 19.1 Å². The van der Waals surface area contributed by atoms with E-state index < -0.39 is 0 Å². The third-order valence-electron chi connectivity index (χ3n) is 1.66. The van der Waals surface area contributed by atoms with E-state index in [2.05, 4.69) is 0 Å². The molecule has 12 heavy (non-hydrogen) atoms. The quantitative estimate of drug-likeness (QED) is 0.482. The maximum atomic E-state index is 11.3. The Morgan fingerprint density at radius 1 is 1.42 bits per heavy atom. The maximum Gasteiger partial charge on any atom is 1.00 e. The minimum Gasteiger partial charge on any atom is -0.870 e. The Bertz CT molecular complexity index is 226. The predicted octanol–water partition coefficient (Wildman–Crippen LogP) is -1.66. The molecule has 60 valence electrons. The van der Waals surface area contributed by atoms with E-state index in [9.17, 15) is 5.11 Å². The smallest absolute Gasteiger partial charge is 0.870 e. The summed E-state index contributed by atoms with van der Waals surface area (Å²) in [5.41, 5.74) is 0.810. The third-order valence-corrected chi connectivity index (χ3v) is 1.66. The van der Waals surface area contributed by atoms with Crippen LogP contribution in [0.1, 0.15) is 12.5 Å². The fourth-order valence-electron chi connectivity index (χ4n) is 1.00. The Morgan fingerprint density at radius 3 is 2.58 bits per heavy atom. The van der Waals surface area contributed by atoms with Crippen molar-refractivity contribution in [2.45, 2.75) is 13.3 Å². The zero-order valence-corrected chi connectivity index (χ0v) is 7.76. The molecule has 0 heterocycles. The van der Waals surface area contributed by atoms with Crippen LogP contribution in [0.2, 0.25) is 0 Å². The Balaban J connectivity index is 0.00000121. The molecule has 0 radical (unpaired) electrons. The van der Waals surface area contributed by atoms with Gasteiger partial charge in [0.25, 0.3) is 0 Å². The van der Waals surface area contributed by atoms with Crippen molar-refractivity contribution in [3.05, 3.63) is 23.8 Å². The first-order valence-electron chi connectivity index (χ1n) is 3.62. The molecular weight excluding hydrogens is 147 g/mol. The number of methoxy groups -OCH3 is 1. The molecule has 0 aromatic heterocycles. The van der Waals surface area contributed by atoms with Crippen LogP contribution in [0.5, 0.6) is 11.5 Å². The number of hydrogen-bond acceptors (Lipinski definition) is 2. The van der Waals surface area contributed by atoms with Gasteiger partial charge in [-0.1, -0.05) is 30.4 Å². The van der Waals surface area contributed by atoms with Crippen LogP contribution >= 0.6 is 0 Å².